The van der Waals surface area contributed by atoms with Crippen molar-refractivity contribution >= 4 is 17.3 Å². The number of nitrogens with zero attached hydrogens (tertiary/aromatic N) is 1. The molecule has 86 valence electrons. The fraction of sp³-hybridized carbons (Fsp3) is 0.462. The molecule has 1 unspecified atom stereocenters. The van der Waals surface area contributed by atoms with Gasteiger partial charge in [-0.15, -0.1) is 0 Å². The molecule has 1 N–H and O–H groups in total. The summed E-state index contributed by atoms with van der Waals surface area (Å²) in [6.07, 6.45) is 1.86. The first-order chi connectivity index (χ1) is 7.70. The average Bonchev–Trinajstić information content (AvgIpc) is 2.63. The Kier molecular flexibility index (Phi) is 3.62. The molecular formula is C13H17ClN2. The number of hydrogen-bond donors (Lipinski definition) is 1. The van der Waals surface area contributed by atoms with Crippen molar-refractivity contribution in [2.75, 3.05) is 13.1 Å². The summed E-state index contributed by atoms with van der Waals surface area (Å²) in [5.74, 6) is 0. The molecule has 0 aliphatic carbocycles. The van der Waals surface area contributed by atoms with Crippen molar-refractivity contribution in [1.29, 1.82) is 5.41 Å². The minimum absolute atomic E-state index is 0.297. The van der Waals surface area contributed by atoms with Gasteiger partial charge < -0.3 is 5.41 Å². The third kappa shape index (κ3) is 2.45. The number of rotatable bonds is 3. The fourth-order valence-electron chi connectivity index (χ4n) is 2.28. The van der Waals surface area contributed by atoms with Crippen molar-refractivity contribution in [2.45, 2.75) is 25.8 Å². The molecular weight excluding hydrogens is 220 g/mol. The van der Waals surface area contributed by atoms with Crippen LogP contribution < -0.4 is 0 Å². The van der Waals surface area contributed by atoms with E-state index in [1.165, 1.54) is 5.56 Å². The lowest BCUT2D eigenvalue weighted by Gasteiger charge is -2.22. The van der Waals surface area contributed by atoms with Crippen LogP contribution in [0.5, 0.6) is 0 Å². The Morgan fingerprint density at radius 1 is 1.38 bits per heavy atom. The van der Waals surface area contributed by atoms with E-state index in [9.17, 15) is 0 Å². The molecule has 1 fully saturated rings. The summed E-state index contributed by atoms with van der Waals surface area (Å²) >= 11 is 5.86. The minimum atomic E-state index is 0.297. The lowest BCUT2D eigenvalue weighted by atomic mass is 10.0. The first kappa shape index (κ1) is 11.6. The van der Waals surface area contributed by atoms with Crippen molar-refractivity contribution in [1.82, 2.24) is 4.90 Å². The first-order valence-corrected chi connectivity index (χ1v) is 6.14. The van der Waals surface area contributed by atoms with Crippen LogP contribution in [0.2, 0.25) is 5.02 Å². The van der Waals surface area contributed by atoms with Crippen LogP contribution in [0.1, 0.15) is 18.9 Å². The maximum absolute atomic E-state index is 7.96. The minimum Gasteiger partial charge on any atom is -0.308 e. The molecule has 1 saturated heterocycles. The van der Waals surface area contributed by atoms with Crippen LogP contribution >= 0.6 is 11.6 Å². The van der Waals surface area contributed by atoms with Crippen molar-refractivity contribution in [2.24, 2.45) is 0 Å². The van der Waals surface area contributed by atoms with E-state index in [0.29, 0.717) is 6.04 Å². The van der Waals surface area contributed by atoms with Crippen molar-refractivity contribution in [3.05, 3.63) is 34.9 Å². The van der Waals surface area contributed by atoms with E-state index in [1.807, 2.05) is 12.1 Å². The van der Waals surface area contributed by atoms with Crippen LogP contribution in [-0.2, 0) is 6.42 Å². The molecule has 2 rings (SSSR count). The molecule has 1 aromatic rings. The highest BCUT2D eigenvalue weighted by molar-refractivity contribution is 6.30. The number of likely N-dealkylation sites (tertiary alicyclic amines) is 1. The van der Waals surface area contributed by atoms with E-state index < -0.39 is 0 Å². The molecule has 1 aliphatic heterocycles. The Balaban J connectivity index is 2.08. The van der Waals surface area contributed by atoms with Gasteiger partial charge in [0.2, 0.25) is 0 Å². The normalized spacial score (nSPS) is 21.6. The van der Waals surface area contributed by atoms with Crippen molar-refractivity contribution < 1.29 is 0 Å². The highest BCUT2D eigenvalue weighted by atomic mass is 35.5. The van der Waals surface area contributed by atoms with Crippen LogP contribution in [0.25, 0.3) is 0 Å². The van der Waals surface area contributed by atoms with E-state index in [1.54, 1.807) is 0 Å². The van der Waals surface area contributed by atoms with Crippen LogP contribution in [0.15, 0.2) is 24.3 Å². The van der Waals surface area contributed by atoms with E-state index in [2.05, 4.69) is 24.0 Å². The zero-order valence-electron chi connectivity index (χ0n) is 9.54. The molecule has 16 heavy (non-hydrogen) atoms. The SMILES string of the molecule is CCN1CCC(=N)C1Cc1ccc(Cl)cc1. The van der Waals surface area contributed by atoms with Crippen LogP contribution in [0.4, 0.5) is 0 Å². The molecule has 1 heterocycles. The highest BCUT2D eigenvalue weighted by Crippen LogP contribution is 2.19. The summed E-state index contributed by atoms with van der Waals surface area (Å²) < 4.78 is 0. The molecule has 2 nitrogen and oxygen atoms in total. The second kappa shape index (κ2) is 4.98. The molecule has 0 aromatic heterocycles. The topological polar surface area (TPSA) is 27.1 Å². The zero-order chi connectivity index (χ0) is 11.5. The molecule has 0 radical (unpaired) electrons. The maximum atomic E-state index is 7.96. The van der Waals surface area contributed by atoms with Crippen LogP contribution in [0.3, 0.4) is 0 Å². The van der Waals surface area contributed by atoms with Crippen molar-refractivity contribution in [3.8, 4) is 0 Å². The standard InChI is InChI=1S/C13H17ClN2/c1-2-16-8-7-12(15)13(16)9-10-3-5-11(14)6-4-10/h3-6,13,15H,2,7-9H2,1H3. The average molecular weight is 237 g/mol. The highest BCUT2D eigenvalue weighted by Gasteiger charge is 2.27. The van der Waals surface area contributed by atoms with Crippen LogP contribution in [-0.4, -0.2) is 29.7 Å². The summed E-state index contributed by atoms with van der Waals surface area (Å²) in [6.45, 7) is 4.22. The van der Waals surface area contributed by atoms with Gasteiger partial charge in [-0.2, -0.15) is 0 Å². The second-order valence-corrected chi connectivity index (χ2v) is 4.69. The summed E-state index contributed by atoms with van der Waals surface area (Å²) in [7, 11) is 0. The Morgan fingerprint density at radius 2 is 2.06 bits per heavy atom. The maximum Gasteiger partial charge on any atom is 0.0514 e. The predicted octanol–water partition coefficient (Wildman–Crippen LogP) is 3.00. The smallest absolute Gasteiger partial charge is 0.0514 e. The molecule has 1 aromatic carbocycles. The van der Waals surface area contributed by atoms with Gasteiger partial charge in [0.25, 0.3) is 0 Å². The summed E-state index contributed by atoms with van der Waals surface area (Å²) in [6, 6.07) is 8.26. The van der Waals surface area contributed by atoms with E-state index in [0.717, 1.165) is 36.7 Å². The monoisotopic (exact) mass is 236 g/mol. The van der Waals surface area contributed by atoms with E-state index >= 15 is 0 Å². The van der Waals surface area contributed by atoms with Gasteiger partial charge in [-0.05, 0) is 37.1 Å². The Bertz CT molecular complexity index is 372. The van der Waals surface area contributed by atoms with Gasteiger partial charge in [0.05, 0.1) is 6.04 Å². The van der Waals surface area contributed by atoms with E-state index in [4.69, 9.17) is 17.0 Å². The van der Waals surface area contributed by atoms with Crippen LogP contribution in [0, 0.1) is 5.41 Å². The second-order valence-electron chi connectivity index (χ2n) is 4.25. The lowest BCUT2D eigenvalue weighted by molar-refractivity contribution is 0.291. The summed E-state index contributed by atoms with van der Waals surface area (Å²) in [5, 5.41) is 8.74. The molecule has 0 bridgehead atoms. The fourth-order valence-corrected chi connectivity index (χ4v) is 2.41. The third-order valence-electron chi connectivity index (χ3n) is 3.26. The molecule has 1 atom stereocenters. The zero-order valence-corrected chi connectivity index (χ0v) is 10.3. The molecule has 3 heteroatoms. The quantitative estimate of drug-likeness (QED) is 0.858. The van der Waals surface area contributed by atoms with E-state index in [-0.39, 0.29) is 0 Å². The predicted molar refractivity (Wildman–Crippen MR) is 68.5 cm³/mol. The third-order valence-corrected chi connectivity index (χ3v) is 3.51. The Labute approximate surface area is 102 Å². The Morgan fingerprint density at radius 3 is 2.69 bits per heavy atom. The summed E-state index contributed by atoms with van der Waals surface area (Å²) in [5.41, 5.74) is 2.14. The number of benzene rings is 1. The van der Waals surface area contributed by atoms with Gasteiger partial charge in [0.15, 0.2) is 0 Å². The molecule has 0 saturated carbocycles. The number of halogens is 1. The van der Waals surface area contributed by atoms with Gasteiger partial charge in [-0.1, -0.05) is 30.7 Å². The van der Waals surface area contributed by atoms with Crippen molar-refractivity contribution in [3.63, 3.8) is 0 Å². The molecule has 1 aliphatic rings. The first-order valence-electron chi connectivity index (χ1n) is 5.76. The lowest BCUT2D eigenvalue weighted by Crippen LogP contribution is -2.34. The summed E-state index contributed by atoms with van der Waals surface area (Å²) in [4.78, 5) is 2.37. The Hall–Kier alpha value is -0.860. The van der Waals surface area contributed by atoms with Gasteiger partial charge in [0, 0.05) is 17.3 Å². The number of hydrogen-bond acceptors (Lipinski definition) is 2. The number of nitrogens with one attached hydrogen (secondary N) is 1. The molecule has 0 spiro atoms. The van der Waals surface area contributed by atoms with Gasteiger partial charge in [-0.3, -0.25) is 4.90 Å². The molecule has 0 amide bonds. The van der Waals surface area contributed by atoms with Gasteiger partial charge in [0.1, 0.15) is 0 Å². The number of likely N-dealkylation sites (N-methyl/N-ethyl adjacent to an activating group) is 1. The largest absolute Gasteiger partial charge is 0.308 e. The van der Waals surface area contributed by atoms with Gasteiger partial charge in [-0.25, -0.2) is 0 Å². The van der Waals surface area contributed by atoms with Gasteiger partial charge >= 0.3 is 0 Å².